The van der Waals surface area contributed by atoms with Gasteiger partial charge in [-0.3, -0.25) is 4.79 Å². The van der Waals surface area contributed by atoms with Crippen LogP contribution in [0.4, 0.5) is 15.9 Å². The van der Waals surface area contributed by atoms with Crippen LogP contribution in [0, 0.1) is 5.82 Å². The number of aromatic nitrogens is 3. The Balaban J connectivity index is 1.53. The molecule has 8 heteroatoms. The van der Waals surface area contributed by atoms with Gasteiger partial charge < -0.3 is 15.7 Å². The van der Waals surface area contributed by atoms with Gasteiger partial charge in [0.05, 0.1) is 6.20 Å². The highest BCUT2D eigenvalue weighted by molar-refractivity contribution is 6.03. The second-order valence-corrected chi connectivity index (χ2v) is 6.12. The summed E-state index contributed by atoms with van der Waals surface area (Å²) in [7, 11) is 0. The fourth-order valence-electron chi connectivity index (χ4n) is 2.70. The molecule has 2 aromatic heterocycles. The molecule has 0 saturated carbocycles. The van der Waals surface area contributed by atoms with Crippen molar-refractivity contribution < 1.29 is 14.3 Å². The predicted octanol–water partition coefficient (Wildman–Crippen LogP) is 3.44. The number of carbonyl (C=O) groups is 1. The number of rotatable bonds is 5. The van der Waals surface area contributed by atoms with E-state index < -0.39 is 5.91 Å². The number of nitrogens with one attached hydrogen (secondary N) is 2. The molecule has 7 nitrogen and oxygen atoms in total. The van der Waals surface area contributed by atoms with Gasteiger partial charge in [0.1, 0.15) is 17.4 Å². The molecule has 0 aliphatic carbocycles. The molecule has 0 fully saturated rings. The minimum absolute atomic E-state index is 0.0568. The SMILES string of the molecule is O=C(Nc1cccc(O)c1)c1cnc2ccc(NCc3ccc(F)cc3)nn12. The molecule has 0 spiro atoms. The number of anilines is 2. The van der Waals surface area contributed by atoms with E-state index in [1.807, 2.05) is 0 Å². The standard InChI is InChI=1S/C20H16FN5O2/c21-14-6-4-13(5-7-14)11-22-18-8-9-19-23-12-17(26(19)25-18)20(28)24-15-2-1-3-16(27)10-15/h1-10,12,27H,11H2,(H,22,25)(H,24,28). The number of phenolic OH excluding ortho intramolecular Hbond substituents is 1. The summed E-state index contributed by atoms with van der Waals surface area (Å²) >= 11 is 0. The topological polar surface area (TPSA) is 91.5 Å². The number of aromatic hydroxyl groups is 1. The second-order valence-electron chi connectivity index (χ2n) is 6.12. The summed E-state index contributed by atoms with van der Waals surface area (Å²) in [4.78, 5) is 16.8. The predicted molar refractivity (Wildman–Crippen MR) is 103 cm³/mol. The summed E-state index contributed by atoms with van der Waals surface area (Å²) in [6, 6.07) is 15.9. The Morgan fingerprint density at radius 3 is 2.71 bits per heavy atom. The monoisotopic (exact) mass is 377 g/mol. The Hall–Kier alpha value is -3.94. The minimum Gasteiger partial charge on any atom is -0.508 e. The lowest BCUT2D eigenvalue weighted by Crippen LogP contribution is -2.15. The third-order valence-electron chi connectivity index (χ3n) is 4.09. The van der Waals surface area contributed by atoms with E-state index in [1.165, 1.54) is 35.0 Å². The maximum Gasteiger partial charge on any atom is 0.276 e. The van der Waals surface area contributed by atoms with Crippen molar-refractivity contribution in [1.82, 2.24) is 14.6 Å². The summed E-state index contributed by atoms with van der Waals surface area (Å²) in [6.45, 7) is 0.457. The highest BCUT2D eigenvalue weighted by Gasteiger charge is 2.14. The van der Waals surface area contributed by atoms with E-state index in [4.69, 9.17) is 0 Å². The van der Waals surface area contributed by atoms with Crippen LogP contribution in [0.3, 0.4) is 0 Å². The lowest BCUT2D eigenvalue weighted by molar-refractivity contribution is 0.102. The lowest BCUT2D eigenvalue weighted by Gasteiger charge is -2.08. The number of benzene rings is 2. The van der Waals surface area contributed by atoms with Crippen molar-refractivity contribution >= 4 is 23.1 Å². The van der Waals surface area contributed by atoms with E-state index in [-0.39, 0.29) is 17.3 Å². The number of amides is 1. The van der Waals surface area contributed by atoms with Crippen LogP contribution in [0.2, 0.25) is 0 Å². The van der Waals surface area contributed by atoms with Crippen LogP contribution in [-0.4, -0.2) is 25.6 Å². The normalized spacial score (nSPS) is 10.8. The Labute approximate surface area is 159 Å². The summed E-state index contributed by atoms with van der Waals surface area (Å²) in [5.74, 6) is -0.0899. The number of nitrogens with zero attached hydrogens (tertiary/aromatic N) is 3. The number of halogens is 1. The van der Waals surface area contributed by atoms with Gasteiger partial charge in [-0.25, -0.2) is 13.9 Å². The first-order chi connectivity index (χ1) is 13.6. The molecule has 4 aromatic rings. The van der Waals surface area contributed by atoms with Crippen LogP contribution in [-0.2, 0) is 6.54 Å². The van der Waals surface area contributed by atoms with Crippen LogP contribution < -0.4 is 10.6 Å². The van der Waals surface area contributed by atoms with Crippen LogP contribution in [0.5, 0.6) is 5.75 Å². The molecule has 0 bridgehead atoms. The molecule has 2 aromatic carbocycles. The van der Waals surface area contributed by atoms with Crippen LogP contribution in [0.15, 0.2) is 66.9 Å². The van der Waals surface area contributed by atoms with E-state index in [0.717, 1.165) is 5.56 Å². The van der Waals surface area contributed by atoms with Gasteiger partial charge in [-0.1, -0.05) is 18.2 Å². The van der Waals surface area contributed by atoms with Crippen molar-refractivity contribution in [3.63, 3.8) is 0 Å². The summed E-state index contributed by atoms with van der Waals surface area (Å²) < 4.78 is 14.4. The second kappa shape index (κ2) is 7.36. The number of hydrogen-bond donors (Lipinski definition) is 3. The molecule has 0 radical (unpaired) electrons. The largest absolute Gasteiger partial charge is 0.508 e. The fourth-order valence-corrected chi connectivity index (χ4v) is 2.70. The van der Waals surface area contributed by atoms with Crippen molar-refractivity contribution in [3.05, 3.63) is 83.9 Å². The van der Waals surface area contributed by atoms with Crippen LogP contribution in [0.25, 0.3) is 5.65 Å². The summed E-state index contributed by atoms with van der Waals surface area (Å²) in [5, 5.41) is 19.8. The molecule has 3 N–H and O–H groups in total. The highest BCUT2D eigenvalue weighted by atomic mass is 19.1. The third-order valence-corrected chi connectivity index (χ3v) is 4.09. The van der Waals surface area contributed by atoms with E-state index >= 15 is 0 Å². The van der Waals surface area contributed by atoms with Crippen molar-refractivity contribution in [2.75, 3.05) is 10.6 Å². The van der Waals surface area contributed by atoms with Gasteiger partial charge in [-0.15, -0.1) is 5.10 Å². The zero-order chi connectivity index (χ0) is 19.5. The average molecular weight is 377 g/mol. The highest BCUT2D eigenvalue weighted by Crippen LogP contribution is 2.17. The number of fused-ring (bicyclic) bond motifs is 1. The molecule has 0 unspecified atom stereocenters. The Morgan fingerprint density at radius 1 is 1.11 bits per heavy atom. The molecule has 28 heavy (non-hydrogen) atoms. The van der Waals surface area contributed by atoms with Gasteiger partial charge in [-0.05, 0) is 42.0 Å². The van der Waals surface area contributed by atoms with Crippen molar-refractivity contribution in [2.45, 2.75) is 6.54 Å². The number of imidazole rings is 1. The van der Waals surface area contributed by atoms with Gasteiger partial charge in [0, 0.05) is 18.3 Å². The first kappa shape index (κ1) is 17.5. The zero-order valence-corrected chi connectivity index (χ0v) is 14.6. The third kappa shape index (κ3) is 3.75. The maximum atomic E-state index is 13.0. The summed E-state index contributed by atoms with van der Waals surface area (Å²) in [5.41, 5.74) is 2.14. The molecule has 1 amide bonds. The number of carbonyl (C=O) groups excluding carboxylic acids is 1. The first-order valence-corrected chi connectivity index (χ1v) is 8.52. The van der Waals surface area contributed by atoms with Gasteiger partial charge in [0.2, 0.25) is 0 Å². The van der Waals surface area contributed by atoms with Crippen LogP contribution in [0.1, 0.15) is 16.1 Å². The van der Waals surface area contributed by atoms with Gasteiger partial charge in [-0.2, -0.15) is 0 Å². The first-order valence-electron chi connectivity index (χ1n) is 8.52. The minimum atomic E-state index is -0.402. The molecule has 2 heterocycles. The molecule has 0 aliphatic heterocycles. The van der Waals surface area contributed by atoms with Crippen molar-refractivity contribution in [3.8, 4) is 5.75 Å². The van der Waals surface area contributed by atoms with Gasteiger partial charge in [0.25, 0.3) is 5.91 Å². The van der Waals surface area contributed by atoms with Crippen molar-refractivity contribution in [1.29, 1.82) is 0 Å². The number of hydrogen-bond acceptors (Lipinski definition) is 5. The van der Waals surface area contributed by atoms with E-state index in [0.29, 0.717) is 23.7 Å². The quantitative estimate of drug-likeness (QED) is 0.496. The molecule has 0 aliphatic rings. The average Bonchev–Trinajstić information content (AvgIpc) is 3.11. The number of phenols is 1. The van der Waals surface area contributed by atoms with E-state index in [9.17, 15) is 14.3 Å². The Kier molecular flexibility index (Phi) is 4.59. The van der Waals surface area contributed by atoms with E-state index in [1.54, 1.807) is 36.4 Å². The molecular formula is C20H16FN5O2. The lowest BCUT2D eigenvalue weighted by atomic mass is 10.2. The van der Waals surface area contributed by atoms with Crippen LogP contribution >= 0.6 is 0 Å². The Bertz CT molecular complexity index is 1140. The molecular weight excluding hydrogens is 361 g/mol. The van der Waals surface area contributed by atoms with Gasteiger partial charge >= 0.3 is 0 Å². The van der Waals surface area contributed by atoms with Gasteiger partial charge in [0.15, 0.2) is 11.3 Å². The van der Waals surface area contributed by atoms with E-state index in [2.05, 4.69) is 20.7 Å². The molecule has 4 rings (SSSR count). The Morgan fingerprint density at radius 2 is 1.93 bits per heavy atom. The smallest absolute Gasteiger partial charge is 0.276 e. The zero-order valence-electron chi connectivity index (χ0n) is 14.6. The fraction of sp³-hybridized carbons (Fsp3) is 0.0500. The maximum absolute atomic E-state index is 13.0. The molecule has 140 valence electrons. The molecule has 0 saturated heterocycles. The summed E-state index contributed by atoms with van der Waals surface area (Å²) in [6.07, 6.45) is 1.43. The molecule has 0 atom stereocenters. The van der Waals surface area contributed by atoms with Crippen molar-refractivity contribution in [2.24, 2.45) is 0 Å².